The van der Waals surface area contributed by atoms with E-state index in [0.29, 0.717) is 22.0 Å². The first-order chi connectivity index (χ1) is 8.72. The van der Waals surface area contributed by atoms with E-state index in [-0.39, 0.29) is 12.4 Å². The quantitative estimate of drug-likeness (QED) is 0.868. The highest BCUT2D eigenvalue weighted by atomic mass is 79.9. The van der Waals surface area contributed by atoms with Gasteiger partial charge in [0.1, 0.15) is 11.6 Å². The molecule has 1 heterocycles. The maximum Gasteiger partial charge on any atom is 0.264 e. The third kappa shape index (κ3) is 2.53. The highest BCUT2D eigenvalue weighted by Gasteiger charge is 2.28. The van der Waals surface area contributed by atoms with Gasteiger partial charge in [-0.2, -0.15) is 4.98 Å². The molecule has 1 saturated carbocycles. The van der Waals surface area contributed by atoms with Crippen molar-refractivity contribution >= 4 is 15.9 Å². The van der Waals surface area contributed by atoms with Crippen LogP contribution in [0, 0.1) is 5.82 Å². The van der Waals surface area contributed by atoms with Crippen molar-refractivity contribution in [1.29, 1.82) is 0 Å². The van der Waals surface area contributed by atoms with Crippen molar-refractivity contribution in [2.24, 2.45) is 0 Å². The number of aromatic nitrogens is 2. The summed E-state index contributed by atoms with van der Waals surface area (Å²) in [6.07, 6.45) is 2.24. The zero-order chi connectivity index (χ0) is 12.5. The molecule has 0 saturated heterocycles. The van der Waals surface area contributed by atoms with Gasteiger partial charge in [-0.25, -0.2) is 4.39 Å². The molecule has 0 aliphatic heterocycles. The van der Waals surface area contributed by atoms with Crippen LogP contribution in [0.4, 0.5) is 4.39 Å². The van der Waals surface area contributed by atoms with Crippen molar-refractivity contribution in [3.63, 3.8) is 0 Å². The van der Waals surface area contributed by atoms with E-state index < -0.39 is 0 Å². The number of rotatable bonds is 4. The minimum atomic E-state index is -0.350. The van der Waals surface area contributed by atoms with E-state index >= 15 is 0 Å². The SMILES string of the molecule is Fc1ccc(Br)c(OCc2nc(C3CC3)no2)c1. The zero-order valence-electron chi connectivity index (χ0n) is 9.40. The molecule has 0 unspecified atom stereocenters. The molecule has 0 radical (unpaired) electrons. The second kappa shape index (κ2) is 4.68. The van der Waals surface area contributed by atoms with E-state index in [4.69, 9.17) is 9.26 Å². The van der Waals surface area contributed by atoms with Gasteiger partial charge in [-0.05, 0) is 40.9 Å². The standard InChI is InChI=1S/C12H10BrFN2O2/c13-9-4-3-8(14)5-10(9)17-6-11-15-12(16-18-11)7-1-2-7/h3-5,7H,1-2,6H2. The van der Waals surface area contributed by atoms with Crippen molar-refractivity contribution in [3.05, 3.63) is 40.2 Å². The number of ether oxygens (including phenoxy) is 1. The van der Waals surface area contributed by atoms with Crippen molar-refractivity contribution in [2.45, 2.75) is 25.4 Å². The van der Waals surface area contributed by atoms with E-state index in [9.17, 15) is 4.39 Å². The Balaban J connectivity index is 1.67. The lowest BCUT2D eigenvalue weighted by atomic mass is 10.3. The maximum absolute atomic E-state index is 13.0. The lowest BCUT2D eigenvalue weighted by Crippen LogP contribution is -1.97. The third-order valence-corrected chi connectivity index (χ3v) is 3.33. The summed E-state index contributed by atoms with van der Waals surface area (Å²) in [5.41, 5.74) is 0. The van der Waals surface area contributed by atoms with Crippen molar-refractivity contribution in [2.75, 3.05) is 0 Å². The molecule has 0 amide bonds. The Morgan fingerprint density at radius 2 is 2.28 bits per heavy atom. The molecule has 4 nitrogen and oxygen atoms in total. The number of hydrogen-bond donors (Lipinski definition) is 0. The zero-order valence-corrected chi connectivity index (χ0v) is 11.0. The summed E-state index contributed by atoms with van der Waals surface area (Å²) in [5.74, 6) is 1.67. The molecule has 1 aliphatic rings. The summed E-state index contributed by atoms with van der Waals surface area (Å²) in [4.78, 5) is 4.23. The molecule has 1 fully saturated rings. The van der Waals surface area contributed by atoms with Crippen LogP contribution >= 0.6 is 15.9 Å². The van der Waals surface area contributed by atoms with Crippen LogP contribution in [-0.2, 0) is 6.61 Å². The fourth-order valence-corrected chi connectivity index (χ4v) is 1.92. The van der Waals surface area contributed by atoms with Crippen molar-refractivity contribution < 1.29 is 13.7 Å². The lowest BCUT2D eigenvalue weighted by molar-refractivity contribution is 0.240. The van der Waals surface area contributed by atoms with Gasteiger partial charge in [-0.1, -0.05) is 5.16 Å². The van der Waals surface area contributed by atoms with Crippen LogP contribution in [0.5, 0.6) is 5.75 Å². The van der Waals surface area contributed by atoms with E-state index in [0.717, 1.165) is 18.7 Å². The third-order valence-electron chi connectivity index (χ3n) is 2.67. The maximum atomic E-state index is 13.0. The van der Waals surface area contributed by atoms with E-state index in [2.05, 4.69) is 26.1 Å². The molecule has 1 aromatic heterocycles. The second-order valence-corrected chi connectivity index (χ2v) is 5.04. The van der Waals surface area contributed by atoms with Crippen molar-refractivity contribution in [3.8, 4) is 5.75 Å². The van der Waals surface area contributed by atoms with Gasteiger partial charge in [-0.3, -0.25) is 0 Å². The van der Waals surface area contributed by atoms with E-state index in [1.165, 1.54) is 12.1 Å². The Bertz CT molecular complexity index is 569. The first kappa shape index (κ1) is 11.6. The highest BCUT2D eigenvalue weighted by molar-refractivity contribution is 9.10. The normalized spacial score (nSPS) is 14.8. The Morgan fingerprint density at radius 1 is 1.44 bits per heavy atom. The summed E-state index contributed by atoms with van der Waals surface area (Å²) >= 11 is 3.28. The van der Waals surface area contributed by atoms with Crippen LogP contribution in [-0.4, -0.2) is 10.1 Å². The summed E-state index contributed by atoms with van der Waals surface area (Å²) < 4.78 is 24.2. The minimum absolute atomic E-state index is 0.141. The minimum Gasteiger partial charge on any atom is -0.482 e. The molecule has 0 atom stereocenters. The van der Waals surface area contributed by atoms with Gasteiger partial charge >= 0.3 is 0 Å². The molecule has 0 spiro atoms. The van der Waals surface area contributed by atoms with Crippen molar-refractivity contribution in [1.82, 2.24) is 10.1 Å². The predicted octanol–water partition coefficient (Wildman–Crippen LogP) is 3.43. The molecule has 18 heavy (non-hydrogen) atoms. The van der Waals surface area contributed by atoms with Crippen LogP contribution in [0.1, 0.15) is 30.5 Å². The van der Waals surface area contributed by atoms with Crippen LogP contribution in [0.15, 0.2) is 27.2 Å². The molecular formula is C12H10BrFN2O2. The largest absolute Gasteiger partial charge is 0.482 e. The summed E-state index contributed by atoms with van der Waals surface area (Å²) in [7, 11) is 0. The monoisotopic (exact) mass is 312 g/mol. The summed E-state index contributed by atoms with van der Waals surface area (Å²) in [6.45, 7) is 0.141. The Kier molecular flexibility index (Phi) is 3.03. The summed E-state index contributed by atoms with van der Waals surface area (Å²) in [6, 6.07) is 4.26. The Morgan fingerprint density at radius 3 is 3.06 bits per heavy atom. The fraction of sp³-hybridized carbons (Fsp3) is 0.333. The van der Waals surface area contributed by atoms with Crippen LogP contribution in [0.2, 0.25) is 0 Å². The lowest BCUT2D eigenvalue weighted by Gasteiger charge is -2.05. The highest BCUT2D eigenvalue weighted by Crippen LogP contribution is 2.38. The van der Waals surface area contributed by atoms with Gasteiger partial charge in [-0.15, -0.1) is 0 Å². The molecule has 3 rings (SSSR count). The average molecular weight is 313 g/mol. The van der Waals surface area contributed by atoms with Gasteiger partial charge in [0.05, 0.1) is 4.47 Å². The first-order valence-corrected chi connectivity index (χ1v) is 6.42. The first-order valence-electron chi connectivity index (χ1n) is 5.63. The van der Waals surface area contributed by atoms with E-state index in [1.807, 2.05) is 0 Å². The number of halogens is 2. The van der Waals surface area contributed by atoms with Gasteiger partial charge in [0.25, 0.3) is 5.89 Å². The van der Waals surface area contributed by atoms with Gasteiger partial charge in [0.15, 0.2) is 12.4 Å². The number of nitrogens with zero attached hydrogens (tertiary/aromatic N) is 2. The predicted molar refractivity (Wildman–Crippen MR) is 64.7 cm³/mol. The second-order valence-electron chi connectivity index (χ2n) is 4.18. The van der Waals surface area contributed by atoms with Crippen LogP contribution < -0.4 is 4.74 Å². The fourth-order valence-electron chi connectivity index (χ4n) is 1.56. The molecule has 2 aromatic rings. The smallest absolute Gasteiger partial charge is 0.264 e. The molecule has 1 aliphatic carbocycles. The molecule has 0 N–H and O–H groups in total. The molecule has 1 aromatic carbocycles. The molecular weight excluding hydrogens is 303 g/mol. The van der Waals surface area contributed by atoms with Gasteiger partial charge in [0, 0.05) is 12.0 Å². The van der Waals surface area contributed by atoms with Gasteiger partial charge in [0.2, 0.25) is 0 Å². The molecule has 94 valence electrons. The Labute approximate surface area is 111 Å². The van der Waals surface area contributed by atoms with E-state index in [1.54, 1.807) is 6.07 Å². The average Bonchev–Trinajstić information content (AvgIpc) is 3.10. The molecule has 0 bridgehead atoms. The number of hydrogen-bond acceptors (Lipinski definition) is 4. The number of benzene rings is 1. The van der Waals surface area contributed by atoms with Crippen LogP contribution in [0.25, 0.3) is 0 Å². The topological polar surface area (TPSA) is 48.2 Å². The van der Waals surface area contributed by atoms with Crippen LogP contribution in [0.3, 0.4) is 0 Å². The van der Waals surface area contributed by atoms with Gasteiger partial charge < -0.3 is 9.26 Å². The molecule has 6 heteroatoms. The summed E-state index contributed by atoms with van der Waals surface area (Å²) in [5, 5.41) is 3.88. The Hall–Kier alpha value is -1.43.